The Labute approximate surface area is 110 Å². The third-order valence-electron chi connectivity index (χ3n) is 2.95. The van der Waals surface area contributed by atoms with E-state index < -0.39 is 23.6 Å². The van der Waals surface area contributed by atoms with Gasteiger partial charge >= 0.3 is 6.18 Å². The summed E-state index contributed by atoms with van der Waals surface area (Å²) < 4.78 is 51.5. The van der Waals surface area contributed by atoms with Gasteiger partial charge in [0.2, 0.25) is 0 Å². The van der Waals surface area contributed by atoms with Gasteiger partial charge in [0.1, 0.15) is 5.82 Å². The van der Waals surface area contributed by atoms with Crippen LogP contribution in [0.1, 0.15) is 37.4 Å². The zero-order chi connectivity index (χ0) is 13.2. The van der Waals surface area contributed by atoms with Gasteiger partial charge in [0, 0.05) is 6.04 Å². The zero-order valence-corrected chi connectivity index (χ0v) is 10.9. The largest absolute Gasteiger partial charge is 0.419 e. The minimum atomic E-state index is -4.72. The van der Waals surface area contributed by atoms with Crippen molar-refractivity contribution in [2.24, 2.45) is 11.7 Å². The summed E-state index contributed by atoms with van der Waals surface area (Å²) in [4.78, 5) is 0. The van der Waals surface area contributed by atoms with Gasteiger partial charge in [-0.3, -0.25) is 0 Å². The fourth-order valence-electron chi connectivity index (χ4n) is 1.68. The highest BCUT2D eigenvalue weighted by molar-refractivity contribution is 5.85. The molecule has 104 valence electrons. The highest BCUT2D eigenvalue weighted by atomic mass is 35.5. The van der Waals surface area contributed by atoms with Crippen molar-refractivity contribution in [2.45, 2.75) is 32.5 Å². The number of halogens is 5. The molecule has 0 aliphatic rings. The summed E-state index contributed by atoms with van der Waals surface area (Å²) >= 11 is 0. The van der Waals surface area contributed by atoms with Crippen LogP contribution >= 0.6 is 12.4 Å². The highest BCUT2D eigenvalue weighted by Crippen LogP contribution is 2.37. The van der Waals surface area contributed by atoms with Crippen molar-refractivity contribution in [1.82, 2.24) is 0 Å². The molecule has 18 heavy (non-hydrogen) atoms. The Morgan fingerprint density at radius 2 is 1.83 bits per heavy atom. The van der Waals surface area contributed by atoms with E-state index in [9.17, 15) is 17.6 Å². The Morgan fingerprint density at radius 1 is 1.28 bits per heavy atom. The van der Waals surface area contributed by atoms with Gasteiger partial charge < -0.3 is 5.73 Å². The zero-order valence-electron chi connectivity index (χ0n) is 10.1. The molecule has 0 bridgehead atoms. The Balaban J connectivity index is 0.00000289. The Bertz CT molecular complexity index is 392. The Hall–Kier alpha value is -0.810. The van der Waals surface area contributed by atoms with Gasteiger partial charge in [0.25, 0.3) is 0 Å². The molecule has 0 saturated carbocycles. The van der Waals surface area contributed by atoms with Crippen molar-refractivity contribution in [3.05, 3.63) is 35.1 Å². The maximum absolute atomic E-state index is 13.3. The molecule has 2 atom stereocenters. The standard InChI is InChI=1S/C12H15F4N.ClH/c1-3-7(2)11(17)8-5-4-6-9(13)10(8)12(14,15)16;/h4-7,11H,3,17H2,1-2H3;1H/t7?,11-;/m1./s1. The van der Waals surface area contributed by atoms with Crippen LogP contribution in [0.5, 0.6) is 0 Å². The van der Waals surface area contributed by atoms with Crippen molar-refractivity contribution in [3.63, 3.8) is 0 Å². The molecule has 0 fully saturated rings. The summed E-state index contributed by atoms with van der Waals surface area (Å²) in [6.07, 6.45) is -4.08. The molecule has 1 nitrogen and oxygen atoms in total. The fraction of sp³-hybridized carbons (Fsp3) is 0.500. The third-order valence-corrected chi connectivity index (χ3v) is 2.95. The van der Waals surface area contributed by atoms with Crippen LogP contribution in [0.2, 0.25) is 0 Å². The molecular weight excluding hydrogens is 270 g/mol. The lowest BCUT2D eigenvalue weighted by Crippen LogP contribution is -2.23. The van der Waals surface area contributed by atoms with Crippen LogP contribution in [0.25, 0.3) is 0 Å². The molecule has 1 unspecified atom stereocenters. The summed E-state index contributed by atoms with van der Waals surface area (Å²) in [5.41, 5.74) is 4.33. The molecule has 0 aromatic heterocycles. The monoisotopic (exact) mass is 285 g/mol. The summed E-state index contributed by atoms with van der Waals surface area (Å²) in [7, 11) is 0. The second-order valence-electron chi connectivity index (χ2n) is 4.11. The SMILES string of the molecule is CCC(C)[C@@H](N)c1cccc(F)c1C(F)(F)F.Cl. The predicted molar refractivity (Wildman–Crippen MR) is 65.0 cm³/mol. The second kappa shape index (κ2) is 6.38. The molecule has 0 aliphatic heterocycles. The molecule has 1 aromatic rings. The molecule has 1 rings (SSSR count). The smallest absolute Gasteiger partial charge is 0.324 e. The molecule has 6 heteroatoms. The first-order valence-corrected chi connectivity index (χ1v) is 5.40. The normalized spacial score (nSPS) is 14.8. The minimum absolute atomic E-state index is 0. The molecule has 0 spiro atoms. The molecule has 0 heterocycles. The quantitative estimate of drug-likeness (QED) is 0.823. The highest BCUT2D eigenvalue weighted by Gasteiger charge is 2.38. The summed E-state index contributed by atoms with van der Waals surface area (Å²) in [6, 6.07) is 2.48. The number of nitrogens with two attached hydrogens (primary N) is 1. The van der Waals surface area contributed by atoms with Gasteiger partial charge in [-0.05, 0) is 17.5 Å². The number of hydrogen-bond donors (Lipinski definition) is 1. The Morgan fingerprint density at radius 3 is 2.28 bits per heavy atom. The molecule has 0 amide bonds. The minimum Gasteiger partial charge on any atom is -0.324 e. The van der Waals surface area contributed by atoms with Gasteiger partial charge in [0.15, 0.2) is 0 Å². The van der Waals surface area contributed by atoms with Crippen LogP contribution in [0, 0.1) is 11.7 Å². The van der Waals surface area contributed by atoms with Crippen molar-refractivity contribution in [1.29, 1.82) is 0 Å². The first-order valence-electron chi connectivity index (χ1n) is 5.40. The van der Waals surface area contributed by atoms with E-state index in [1.165, 1.54) is 12.1 Å². The van der Waals surface area contributed by atoms with Crippen molar-refractivity contribution >= 4 is 12.4 Å². The molecule has 2 N–H and O–H groups in total. The van der Waals surface area contributed by atoms with E-state index in [2.05, 4.69) is 0 Å². The fourth-order valence-corrected chi connectivity index (χ4v) is 1.68. The van der Waals surface area contributed by atoms with E-state index in [4.69, 9.17) is 5.73 Å². The van der Waals surface area contributed by atoms with Gasteiger partial charge in [-0.2, -0.15) is 13.2 Å². The molecule has 1 aromatic carbocycles. The van der Waals surface area contributed by atoms with Gasteiger partial charge in [-0.1, -0.05) is 32.4 Å². The lowest BCUT2D eigenvalue weighted by Gasteiger charge is -2.23. The topological polar surface area (TPSA) is 26.0 Å². The van der Waals surface area contributed by atoms with E-state index in [1.54, 1.807) is 6.92 Å². The van der Waals surface area contributed by atoms with E-state index in [-0.39, 0.29) is 23.9 Å². The lowest BCUT2D eigenvalue weighted by molar-refractivity contribution is -0.140. The summed E-state index contributed by atoms with van der Waals surface area (Å²) in [5, 5.41) is 0. The van der Waals surface area contributed by atoms with Crippen LogP contribution in [0.15, 0.2) is 18.2 Å². The van der Waals surface area contributed by atoms with Crippen LogP contribution < -0.4 is 5.73 Å². The number of benzene rings is 1. The molecule has 0 saturated heterocycles. The third kappa shape index (κ3) is 3.59. The van der Waals surface area contributed by atoms with Gasteiger partial charge in [0.05, 0.1) is 5.56 Å². The lowest BCUT2D eigenvalue weighted by atomic mass is 9.90. The van der Waals surface area contributed by atoms with E-state index in [0.29, 0.717) is 6.42 Å². The average Bonchev–Trinajstić information content (AvgIpc) is 2.24. The number of alkyl halides is 3. The second-order valence-corrected chi connectivity index (χ2v) is 4.11. The average molecular weight is 286 g/mol. The van der Waals surface area contributed by atoms with Crippen molar-refractivity contribution in [3.8, 4) is 0 Å². The molecule has 0 radical (unpaired) electrons. The molecular formula is C12H16ClF4N. The van der Waals surface area contributed by atoms with Crippen LogP contribution in [0.3, 0.4) is 0 Å². The summed E-state index contributed by atoms with van der Waals surface area (Å²) in [6.45, 7) is 3.58. The number of hydrogen-bond acceptors (Lipinski definition) is 1. The summed E-state index contributed by atoms with van der Waals surface area (Å²) in [5.74, 6) is -1.41. The van der Waals surface area contributed by atoms with E-state index in [0.717, 1.165) is 6.07 Å². The van der Waals surface area contributed by atoms with E-state index in [1.807, 2.05) is 6.92 Å². The van der Waals surface area contributed by atoms with Crippen molar-refractivity contribution < 1.29 is 17.6 Å². The van der Waals surface area contributed by atoms with Crippen LogP contribution in [0.4, 0.5) is 17.6 Å². The first-order chi connectivity index (χ1) is 7.79. The Kier molecular flexibility index (Phi) is 6.10. The van der Waals surface area contributed by atoms with Crippen LogP contribution in [-0.4, -0.2) is 0 Å². The van der Waals surface area contributed by atoms with Crippen LogP contribution in [-0.2, 0) is 6.18 Å². The maximum Gasteiger partial charge on any atom is 0.419 e. The van der Waals surface area contributed by atoms with Gasteiger partial charge in [-0.25, -0.2) is 4.39 Å². The molecule has 0 aliphatic carbocycles. The first kappa shape index (κ1) is 17.2. The number of rotatable bonds is 3. The van der Waals surface area contributed by atoms with Crippen molar-refractivity contribution in [2.75, 3.05) is 0 Å². The van der Waals surface area contributed by atoms with E-state index >= 15 is 0 Å². The van der Waals surface area contributed by atoms with Gasteiger partial charge in [-0.15, -0.1) is 12.4 Å². The predicted octanol–water partition coefficient (Wildman–Crippen LogP) is 4.31. The maximum atomic E-state index is 13.3.